The van der Waals surface area contributed by atoms with Crippen LogP contribution in [0.25, 0.3) is 0 Å². The van der Waals surface area contributed by atoms with Crippen LogP contribution < -0.4 is 5.32 Å². The normalized spacial score (nSPS) is 24.5. The van der Waals surface area contributed by atoms with E-state index in [1.165, 1.54) is 4.88 Å². The fourth-order valence-corrected chi connectivity index (χ4v) is 4.55. The zero-order valence-corrected chi connectivity index (χ0v) is 15.1. The van der Waals surface area contributed by atoms with Crippen molar-refractivity contribution in [1.82, 2.24) is 10.2 Å². The van der Waals surface area contributed by atoms with Crippen LogP contribution in [0.15, 0.2) is 41.8 Å². The van der Waals surface area contributed by atoms with Crippen LogP contribution >= 0.6 is 11.3 Å². The lowest BCUT2D eigenvalue weighted by molar-refractivity contribution is -0.123. The predicted molar refractivity (Wildman–Crippen MR) is 98.4 cm³/mol. The molecule has 1 aromatic heterocycles. The van der Waals surface area contributed by atoms with Crippen molar-refractivity contribution in [2.45, 2.75) is 26.3 Å². The Morgan fingerprint density at radius 2 is 2.20 bits per heavy atom. The molecule has 0 radical (unpaired) electrons. The first-order valence-electron chi connectivity index (χ1n) is 8.73. The summed E-state index contributed by atoms with van der Waals surface area (Å²) in [6.45, 7) is 4.06. The fourth-order valence-electron chi connectivity index (χ4n) is 3.91. The van der Waals surface area contributed by atoms with Gasteiger partial charge in [0, 0.05) is 34.9 Å². The fraction of sp³-hybridized carbons (Fsp3) is 0.400. The van der Waals surface area contributed by atoms with Crippen molar-refractivity contribution >= 4 is 23.2 Å². The van der Waals surface area contributed by atoms with E-state index in [0.29, 0.717) is 13.1 Å². The van der Waals surface area contributed by atoms with E-state index >= 15 is 0 Å². The second-order valence-electron chi connectivity index (χ2n) is 7.26. The van der Waals surface area contributed by atoms with E-state index in [9.17, 15) is 9.59 Å². The number of nitrogens with zero attached hydrogens (tertiary/aromatic N) is 1. The summed E-state index contributed by atoms with van der Waals surface area (Å²) in [6.07, 6.45) is 1.84. The molecule has 1 aliphatic carbocycles. The number of benzene rings is 1. The maximum Gasteiger partial charge on any atom is 0.253 e. The van der Waals surface area contributed by atoms with Crippen LogP contribution in [0.4, 0.5) is 0 Å². The van der Waals surface area contributed by atoms with E-state index in [0.717, 1.165) is 30.5 Å². The summed E-state index contributed by atoms with van der Waals surface area (Å²) in [5.74, 6) is 0.284. The number of carbonyl (C=O) groups is 2. The van der Waals surface area contributed by atoms with Crippen molar-refractivity contribution in [1.29, 1.82) is 0 Å². The molecule has 2 heterocycles. The Balaban J connectivity index is 1.35. The third-order valence-corrected chi connectivity index (χ3v) is 6.34. The molecule has 2 atom stereocenters. The van der Waals surface area contributed by atoms with Crippen LogP contribution in [-0.4, -0.2) is 29.8 Å². The lowest BCUT2D eigenvalue weighted by atomic mass is 10.0. The molecule has 2 amide bonds. The second kappa shape index (κ2) is 6.30. The number of hydrogen-bond donors (Lipinski definition) is 1. The third kappa shape index (κ3) is 3.21. The topological polar surface area (TPSA) is 49.4 Å². The van der Waals surface area contributed by atoms with Crippen molar-refractivity contribution in [2.75, 3.05) is 13.1 Å². The van der Waals surface area contributed by atoms with Crippen molar-refractivity contribution in [2.24, 2.45) is 11.3 Å². The summed E-state index contributed by atoms with van der Waals surface area (Å²) in [4.78, 5) is 28.2. The van der Waals surface area contributed by atoms with E-state index in [2.05, 4.69) is 5.32 Å². The molecule has 1 N–H and O–H groups in total. The molecule has 0 unspecified atom stereocenters. The quantitative estimate of drug-likeness (QED) is 0.916. The first kappa shape index (κ1) is 16.3. The Morgan fingerprint density at radius 1 is 1.32 bits per heavy atom. The molecular weight excluding hydrogens is 332 g/mol. The van der Waals surface area contributed by atoms with Crippen molar-refractivity contribution in [3.05, 3.63) is 57.8 Å². The number of hydrogen-bond acceptors (Lipinski definition) is 3. The molecule has 2 aliphatic rings. The van der Waals surface area contributed by atoms with Crippen LogP contribution in [0.2, 0.25) is 0 Å². The first-order chi connectivity index (χ1) is 12.1. The average molecular weight is 354 g/mol. The Hall–Kier alpha value is -2.14. The highest BCUT2D eigenvalue weighted by Gasteiger charge is 2.61. The highest BCUT2D eigenvalue weighted by Crippen LogP contribution is 2.58. The molecule has 1 spiro atoms. The molecule has 4 nitrogen and oxygen atoms in total. The number of rotatable bonds is 4. The summed E-state index contributed by atoms with van der Waals surface area (Å²) < 4.78 is 0. The average Bonchev–Trinajstić information content (AvgIpc) is 2.95. The molecule has 130 valence electrons. The van der Waals surface area contributed by atoms with Gasteiger partial charge in [-0.1, -0.05) is 23.8 Å². The van der Waals surface area contributed by atoms with E-state index in [4.69, 9.17) is 0 Å². The predicted octanol–water partition coefficient (Wildman–Crippen LogP) is 3.23. The maximum absolute atomic E-state index is 12.7. The molecule has 0 bridgehead atoms. The van der Waals surface area contributed by atoms with Gasteiger partial charge in [-0.3, -0.25) is 9.59 Å². The molecule has 2 fully saturated rings. The number of thiophene rings is 1. The molecule has 2 aromatic rings. The molecule has 1 aliphatic heterocycles. The standard InChI is InChI=1S/C20H22N2O2S/c1-14-4-2-5-15(10-14)19(24)22-8-7-20(13-22)11-17(20)18(23)21-12-16-6-3-9-25-16/h2-6,9-10,17H,7-8,11-13H2,1H3,(H,21,23)/t17-,20+/m1/s1. The van der Waals surface area contributed by atoms with Crippen molar-refractivity contribution in [3.8, 4) is 0 Å². The first-order valence-corrected chi connectivity index (χ1v) is 9.61. The minimum atomic E-state index is 0.0129. The molecule has 4 rings (SSSR count). The Morgan fingerprint density at radius 3 is 2.96 bits per heavy atom. The minimum Gasteiger partial charge on any atom is -0.351 e. The zero-order chi connectivity index (χ0) is 17.4. The van der Waals surface area contributed by atoms with Crippen LogP contribution in [0.1, 0.15) is 33.6 Å². The van der Waals surface area contributed by atoms with Crippen LogP contribution in [0.3, 0.4) is 0 Å². The van der Waals surface area contributed by atoms with Gasteiger partial charge in [-0.15, -0.1) is 11.3 Å². The Kier molecular flexibility index (Phi) is 4.12. The van der Waals surface area contributed by atoms with Crippen LogP contribution in [-0.2, 0) is 11.3 Å². The number of amides is 2. The summed E-state index contributed by atoms with van der Waals surface area (Å²) in [5.41, 5.74) is 1.85. The smallest absolute Gasteiger partial charge is 0.253 e. The highest BCUT2D eigenvalue weighted by molar-refractivity contribution is 7.09. The van der Waals surface area contributed by atoms with Gasteiger partial charge >= 0.3 is 0 Å². The molecule has 1 saturated heterocycles. The maximum atomic E-state index is 12.7. The van der Waals surface area contributed by atoms with Gasteiger partial charge in [-0.25, -0.2) is 0 Å². The SMILES string of the molecule is Cc1cccc(C(=O)N2CC[C@]3(C[C@@H]3C(=O)NCc3cccs3)C2)c1. The monoisotopic (exact) mass is 354 g/mol. The molecule has 5 heteroatoms. The van der Waals surface area contributed by atoms with Gasteiger partial charge in [0.1, 0.15) is 0 Å². The van der Waals surface area contributed by atoms with Gasteiger partial charge in [0.2, 0.25) is 5.91 Å². The Bertz CT molecular complexity index is 802. The van der Waals surface area contributed by atoms with Gasteiger partial charge < -0.3 is 10.2 Å². The minimum absolute atomic E-state index is 0.0129. The number of likely N-dealkylation sites (tertiary alicyclic amines) is 1. The van der Waals surface area contributed by atoms with Gasteiger partial charge in [0.25, 0.3) is 5.91 Å². The number of carbonyl (C=O) groups excluding carboxylic acids is 2. The lowest BCUT2D eigenvalue weighted by Crippen LogP contribution is -2.31. The largest absolute Gasteiger partial charge is 0.351 e. The number of nitrogens with one attached hydrogen (secondary N) is 1. The van der Waals surface area contributed by atoms with Gasteiger partial charge in [-0.05, 0) is 43.3 Å². The molecule has 1 aromatic carbocycles. The highest BCUT2D eigenvalue weighted by atomic mass is 32.1. The molecule has 25 heavy (non-hydrogen) atoms. The number of aryl methyl sites for hydroxylation is 1. The molecular formula is C20H22N2O2S. The molecule has 1 saturated carbocycles. The van der Waals surface area contributed by atoms with E-state index in [-0.39, 0.29) is 23.1 Å². The van der Waals surface area contributed by atoms with Crippen molar-refractivity contribution in [3.63, 3.8) is 0 Å². The van der Waals surface area contributed by atoms with E-state index in [1.54, 1.807) is 11.3 Å². The Labute approximate surface area is 151 Å². The van der Waals surface area contributed by atoms with Gasteiger partial charge in [0.05, 0.1) is 6.54 Å². The third-order valence-electron chi connectivity index (χ3n) is 5.46. The van der Waals surface area contributed by atoms with E-state index in [1.807, 2.05) is 53.6 Å². The van der Waals surface area contributed by atoms with E-state index < -0.39 is 0 Å². The van der Waals surface area contributed by atoms with Gasteiger partial charge in [-0.2, -0.15) is 0 Å². The lowest BCUT2D eigenvalue weighted by Gasteiger charge is -2.17. The van der Waals surface area contributed by atoms with Crippen LogP contribution in [0.5, 0.6) is 0 Å². The second-order valence-corrected chi connectivity index (χ2v) is 8.29. The summed E-state index contributed by atoms with van der Waals surface area (Å²) in [7, 11) is 0. The van der Waals surface area contributed by atoms with Gasteiger partial charge in [0.15, 0.2) is 0 Å². The summed E-state index contributed by atoms with van der Waals surface area (Å²) >= 11 is 1.66. The summed E-state index contributed by atoms with van der Waals surface area (Å²) in [5, 5.41) is 5.07. The van der Waals surface area contributed by atoms with Crippen LogP contribution in [0, 0.1) is 18.3 Å². The van der Waals surface area contributed by atoms with Crippen molar-refractivity contribution < 1.29 is 9.59 Å². The summed E-state index contributed by atoms with van der Waals surface area (Å²) in [6, 6.07) is 11.8. The zero-order valence-electron chi connectivity index (χ0n) is 14.3.